The zero-order valence-corrected chi connectivity index (χ0v) is 10.6. The summed E-state index contributed by atoms with van der Waals surface area (Å²) in [6.45, 7) is 0. The summed E-state index contributed by atoms with van der Waals surface area (Å²) >= 11 is 0. The van der Waals surface area contributed by atoms with Gasteiger partial charge in [0, 0.05) is 25.3 Å². The summed E-state index contributed by atoms with van der Waals surface area (Å²) in [6, 6.07) is 14.9. The van der Waals surface area contributed by atoms with Crippen LogP contribution in [0.5, 0.6) is 0 Å². The Morgan fingerprint density at radius 1 is 0.889 bits per heavy atom. The Hall–Kier alpha value is -2.09. The molecule has 0 radical (unpaired) electrons. The zero-order valence-electron chi connectivity index (χ0n) is 10.6. The molecule has 0 fully saturated rings. The van der Waals surface area contributed by atoms with Crippen molar-refractivity contribution in [3.05, 3.63) is 65.5 Å². The topological polar surface area (TPSA) is 3.24 Å². The second-order valence-corrected chi connectivity index (χ2v) is 4.34. The van der Waals surface area contributed by atoms with Crippen molar-refractivity contribution >= 4 is 17.8 Å². The first-order chi connectivity index (χ1) is 8.66. The highest BCUT2D eigenvalue weighted by molar-refractivity contribution is 5.70. The second-order valence-electron chi connectivity index (χ2n) is 4.34. The van der Waals surface area contributed by atoms with Gasteiger partial charge in [-0.15, -0.1) is 0 Å². The molecule has 2 aromatic carbocycles. The van der Waals surface area contributed by atoms with Crippen LogP contribution in [0.1, 0.15) is 11.1 Å². The highest BCUT2D eigenvalue weighted by Gasteiger charge is 1.96. The molecular formula is C16H16FN. The molecule has 0 unspecified atom stereocenters. The lowest BCUT2D eigenvalue weighted by Crippen LogP contribution is -2.07. The van der Waals surface area contributed by atoms with Crippen molar-refractivity contribution in [1.82, 2.24) is 0 Å². The molecule has 92 valence electrons. The van der Waals surface area contributed by atoms with E-state index in [0.717, 1.165) is 11.3 Å². The Balaban J connectivity index is 2.17. The average molecular weight is 241 g/mol. The van der Waals surface area contributed by atoms with Crippen LogP contribution in [0.15, 0.2) is 48.5 Å². The minimum atomic E-state index is -0.196. The van der Waals surface area contributed by atoms with Crippen LogP contribution in [0.4, 0.5) is 10.1 Å². The molecule has 2 aromatic rings. The Labute approximate surface area is 107 Å². The predicted octanol–water partition coefficient (Wildman–Crippen LogP) is 4.06. The van der Waals surface area contributed by atoms with E-state index in [0.29, 0.717) is 5.56 Å². The number of anilines is 1. The van der Waals surface area contributed by atoms with Gasteiger partial charge in [-0.2, -0.15) is 0 Å². The van der Waals surface area contributed by atoms with Crippen LogP contribution in [0.2, 0.25) is 0 Å². The molecule has 0 bridgehead atoms. The number of rotatable bonds is 3. The molecule has 0 heterocycles. The van der Waals surface area contributed by atoms with Crippen molar-refractivity contribution in [2.24, 2.45) is 0 Å². The normalized spacial score (nSPS) is 10.8. The van der Waals surface area contributed by atoms with E-state index < -0.39 is 0 Å². The summed E-state index contributed by atoms with van der Waals surface area (Å²) in [5.41, 5.74) is 2.82. The molecule has 0 amide bonds. The maximum Gasteiger partial charge on any atom is 0.130 e. The molecule has 0 aliphatic heterocycles. The third kappa shape index (κ3) is 2.98. The van der Waals surface area contributed by atoms with Gasteiger partial charge in [0.25, 0.3) is 0 Å². The molecule has 2 heteroatoms. The van der Waals surface area contributed by atoms with Gasteiger partial charge >= 0.3 is 0 Å². The number of hydrogen-bond donors (Lipinski definition) is 0. The molecule has 0 saturated carbocycles. The largest absolute Gasteiger partial charge is 0.378 e. The van der Waals surface area contributed by atoms with Crippen LogP contribution in [0.25, 0.3) is 12.2 Å². The van der Waals surface area contributed by atoms with Gasteiger partial charge in [-0.05, 0) is 23.8 Å². The monoisotopic (exact) mass is 241 g/mol. The van der Waals surface area contributed by atoms with Gasteiger partial charge in [-0.1, -0.05) is 42.5 Å². The van der Waals surface area contributed by atoms with E-state index in [1.54, 1.807) is 18.2 Å². The van der Waals surface area contributed by atoms with E-state index in [2.05, 4.69) is 0 Å². The summed E-state index contributed by atoms with van der Waals surface area (Å²) in [5, 5.41) is 0. The average Bonchev–Trinajstić information content (AvgIpc) is 2.38. The predicted molar refractivity (Wildman–Crippen MR) is 76.1 cm³/mol. The van der Waals surface area contributed by atoms with Crippen LogP contribution in [-0.4, -0.2) is 14.1 Å². The second kappa shape index (κ2) is 5.50. The van der Waals surface area contributed by atoms with E-state index >= 15 is 0 Å². The Kier molecular flexibility index (Phi) is 3.78. The number of hydrogen-bond acceptors (Lipinski definition) is 1. The molecule has 0 atom stereocenters. The van der Waals surface area contributed by atoms with E-state index in [9.17, 15) is 4.39 Å². The summed E-state index contributed by atoms with van der Waals surface area (Å²) in [4.78, 5) is 2.05. The lowest BCUT2D eigenvalue weighted by atomic mass is 10.1. The molecule has 0 aromatic heterocycles. The summed E-state index contributed by atoms with van der Waals surface area (Å²) in [5.74, 6) is -0.196. The lowest BCUT2D eigenvalue weighted by molar-refractivity contribution is 0.625. The summed E-state index contributed by atoms with van der Waals surface area (Å²) in [6.07, 6.45) is 3.71. The Morgan fingerprint density at radius 3 is 2.17 bits per heavy atom. The van der Waals surface area contributed by atoms with Crippen molar-refractivity contribution in [3.8, 4) is 0 Å². The molecule has 2 rings (SSSR count). The molecule has 0 aliphatic carbocycles. The Bertz CT molecular complexity index is 541. The van der Waals surface area contributed by atoms with Crippen molar-refractivity contribution in [2.75, 3.05) is 19.0 Å². The van der Waals surface area contributed by atoms with Gasteiger partial charge in [-0.25, -0.2) is 4.39 Å². The van der Waals surface area contributed by atoms with Gasteiger partial charge in [0.05, 0.1) is 0 Å². The molecule has 0 spiro atoms. The van der Waals surface area contributed by atoms with Crippen LogP contribution < -0.4 is 4.90 Å². The lowest BCUT2D eigenvalue weighted by Gasteiger charge is -2.11. The SMILES string of the molecule is CN(C)c1ccc(C=Cc2ccccc2F)cc1. The van der Waals surface area contributed by atoms with Gasteiger partial charge in [0.1, 0.15) is 5.82 Å². The fourth-order valence-electron chi connectivity index (χ4n) is 1.68. The number of nitrogens with zero attached hydrogens (tertiary/aromatic N) is 1. The highest BCUT2D eigenvalue weighted by Crippen LogP contribution is 2.15. The number of benzene rings is 2. The van der Waals surface area contributed by atoms with Gasteiger partial charge in [-0.3, -0.25) is 0 Å². The zero-order chi connectivity index (χ0) is 13.0. The van der Waals surface area contributed by atoms with E-state index in [1.807, 2.05) is 55.4 Å². The van der Waals surface area contributed by atoms with Gasteiger partial charge < -0.3 is 4.90 Å². The summed E-state index contributed by atoms with van der Waals surface area (Å²) in [7, 11) is 4.01. The highest BCUT2D eigenvalue weighted by atomic mass is 19.1. The standard InChI is InChI=1S/C16H16FN/c1-18(2)15-11-8-13(9-12-15)7-10-14-5-3-4-6-16(14)17/h3-12H,1-2H3. The fourth-order valence-corrected chi connectivity index (χ4v) is 1.68. The fraction of sp³-hybridized carbons (Fsp3) is 0.125. The van der Waals surface area contributed by atoms with Crippen molar-refractivity contribution in [1.29, 1.82) is 0 Å². The molecular weight excluding hydrogens is 225 g/mol. The Morgan fingerprint density at radius 2 is 1.56 bits per heavy atom. The van der Waals surface area contributed by atoms with Crippen molar-refractivity contribution in [2.45, 2.75) is 0 Å². The van der Waals surface area contributed by atoms with E-state index in [1.165, 1.54) is 6.07 Å². The van der Waals surface area contributed by atoms with Crippen molar-refractivity contribution in [3.63, 3.8) is 0 Å². The third-order valence-electron chi connectivity index (χ3n) is 2.77. The van der Waals surface area contributed by atoms with Crippen LogP contribution >= 0.6 is 0 Å². The molecule has 18 heavy (non-hydrogen) atoms. The van der Waals surface area contributed by atoms with Gasteiger partial charge in [0.15, 0.2) is 0 Å². The van der Waals surface area contributed by atoms with Crippen molar-refractivity contribution < 1.29 is 4.39 Å². The maximum absolute atomic E-state index is 13.4. The minimum absolute atomic E-state index is 0.196. The first kappa shape index (κ1) is 12.4. The first-order valence-electron chi connectivity index (χ1n) is 5.87. The third-order valence-corrected chi connectivity index (χ3v) is 2.77. The van der Waals surface area contributed by atoms with Crippen LogP contribution in [0.3, 0.4) is 0 Å². The quantitative estimate of drug-likeness (QED) is 0.732. The van der Waals surface area contributed by atoms with E-state index in [-0.39, 0.29) is 5.82 Å². The molecule has 1 nitrogen and oxygen atoms in total. The molecule has 0 aliphatic rings. The maximum atomic E-state index is 13.4. The first-order valence-corrected chi connectivity index (χ1v) is 5.87. The molecule has 0 saturated heterocycles. The van der Waals surface area contributed by atoms with Gasteiger partial charge in [0.2, 0.25) is 0 Å². The number of halogens is 1. The summed E-state index contributed by atoms with van der Waals surface area (Å²) < 4.78 is 13.4. The van der Waals surface area contributed by atoms with Crippen LogP contribution in [0, 0.1) is 5.82 Å². The smallest absolute Gasteiger partial charge is 0.130 e. The van der Waals surface area contributed by atoms with Crippen LogP contribution in [-0.2, 0) is 0 Å². The minimum Gasteiger partial charge on any atom is -0.378 e. The molecule has 0 N–H and O–H groups in total. The van der Waals surface area contributed by atoms with E-state index in [4.69, 9.17) is 0 Å².